The Bertz CT molecular complexity index is 723. The van der Waals surface area contributed by atoms with E-state index in [1.807, 2.05) is 53.2 Å². The highest BCUT2D eigenvalue weighted by Crippen LogP contribution is 2.27. The van der Waals surface area contributed by atoms with E-state index in [1.54, 1.807) is 22.7 Å². The van der Waals surface area contributed by atoms with Gasteiger partial charge in [0.2, 0.25) is 5.91 Å². The molecule has 3 aromatic rings. The van der Waals surface area contributed by atoms with Gasteiger partial charge in [0.1, 0.15) is 0 Å². The van der Waals surface area contributed by atoms with E-state index >= 15 is 0 Å². The van der Waals surface area contributed by atoms with Gasteiger partial charge < -0.3 is 5.32 Å². The van der Waals surface area contributed by atoms with Crippen molar-refractivity contribution in [2.45, 2.75) is 10.9 Å². The molecule has 0 unspecified atom stereocenters. The summed E-state index contributed by atoms with van der Waals surface area (Å²) in [5, 5.41) is 6.96. The number of nitrogens with one attached hydrogen (secondary N) is 1. The van der Waals surface area contributed by atoms with E-state index in [2.05, 4.69) is 10.3 Å². The molecule has 22 heavy (non-hydrogen) atoms. The van der Waals surface area contributed by atoms with Crippen LogP contribution in [0.25, 0.3) is 11.3 Å². The molecular weight excluding hydrogens is 332 g/mol. The van der Waals surface area contributed by atoms with E-state index in [0.29, 0.717) is 12.3 Å². The quantitative estimate of drug-likeness (QED) is 0.677. The van der Waals surface area contributed by atoms with Crippen LogP contribution in [0.4, 0.5) is 0 Å². The number of thiazole rings is 1. The number of benzene rings is 1. The zero-order valence-electron chi connectivity index (χ0n) is 11.7. The van der Waals surface area contributed by atoms with Gasteiger partial charge in [0.15, 0.2) is 4.34 Å². The van der Waals surface area contributed by atoms with Gasteiger partial charge in [-0.15, -0.1) is 22.7 Å². The second-order valence-corrected chi connectivity index (χ2v) is 7.62. The molecule has 0 aliphatic rings. The number of hydrogen-bond donors (Lipinski definition) is 1. The van der Waals surface area contributed by atoms with Crippen molar-refractivity contribution in [3.05, 3.63) is 58.1 Å². The molecule has 0 spiro atoms. The van der Waals surface area contributed by atoms with Gasteiger partial charge in [-0.3, -0.25) is 4.79 Å². The Morgan fingerprint density at radius 1 is 1.14 bits per heavy atom. The van der Waals surface area contributed by atoms with E-state index in [1.165, 1.54) is 16.6 Å². The fourth-order valence-corrected chi connectivity index (χ4v) is 4.15. The lowest BCUT2D eigenvalue weighted by atomic mass is 10.2. The molecule has 3 rings (SSSR count). The van der Waals surface area contributed by atoms with Crippen LogP contribution in [0.5, 0.6) is 0 Å². The smallest absolute Gasteiger partial charge is 0.230 e. The molecule has 6 heteroatoms. The average Bonchev–Trinajstić information content (AvgIpc) is 3.23. The van der Waals surface area contributed by atoms with E-state index in [0.717, 1.165) is 15.6 Å². The van der Waals surface area contributed by atoms with Gasteiger partial charge in [-0.25, -0.2) is 4.98 Å². The highest BCUT2D eigenvalue weighted by atomic mass is 32.2. The Morgan fingerprint density at radius 2 is 2.00 bits per heavy atom. The molecule has 1 amide bonds. The third-order valence-electron chi connectivity index (χ3n) is 2.92. The molecule has 112 valence electrons. The van der Waals surface area contributed by atoms with Gasteiger partial charge in [-0.2, -0.15) is 0 Å². The molecule has 0 atom stereocenters. The average molecular weight is 347 g/mol. The molecule has 1 aromatic carbocycles. The lowest BCUT2D eigenvalue weighted by molar-refractivity contribution is -0.118. The van der Waals surface area contributed by atoms with Crippen molar-refractivity contribution in [2.75, 3.05) is 5.75 Å². The van der Waals surface area contributed by atoms with Gasteiger partial charge in [0.05, 0.1) is 18.0 Å². The molecule has 1 N–H and O–H groups in total. The highest BCUT2D eigenvalue weighted by molar-refractivity contribution is 8.01. The monoisotopic (exact) mass is 346 g/mol. The number of thioether (sulfide) groups is 1. The summed E-state index contributed by atoms with van der Waals surface area (Å²) in [4.78, 5) is 17.6. The topological polar surface area (TPSA) is 42.0 Å². The third kappa shape index (κ3) is 4.19. The van der Waals surface area contributed by atoms with Gasteiger partial charge in [-0.05, 0) is 11.4 Å². The number of hydrogen-bond acceptors (Lipinski definition) is 5. The van der Waals surface area contributed by atoms with Crippen LogP contribution in [0.15, 0.2) is 57.6 Å². The Hall–Kier alpha value is -1.63. The summed E-state index contributed by atoms with van der Waals surface area (Å²) >= 11 is 4.70. The number of carbonyl (C=O) groups is 1. The van der Waals surface area contributed by atoms with Crippen molar-refractivity contribution in [2.24, 2.45) is 0 Å². The molecule has 0 fully saturated rings. The predicted octanol–water partition coefficient (Wildman–Crippen LogP) is 4.28. The summed E-state index contributed by atoms with van der Waals surface area (Å²) in [6.45, 7) is 0.601. The second kappa shape index (κ2) is 7.58. The van der Waals surface area contributed by atoms with Crippen LogP contribution in [0.3, 0.4) is 0 Å². The van der Waals surface area contributed by atoms with Crippen molar-refractivity contribution < 1.29 is 4.79 Å². The van der Waals surface area contributed by atoms with Crippen molar-refractivity contribution in [3.8, 4) is 11.3 Å². The zero-order chi connectivity index (χ0) is 15.2. The Labute approximate surface area is 141 Å². The lowest BCUT2D eigenvalue weighted by Crippen LogP contribution is -2.24. The Kier molecular flexibility index (Phi) is 5.26. The van der Waals surface area contributed by atoms with Crippen molar-refractivity contribution in [1.82, 2.24) is 10.3 Å². The first-order valence-corrected chi connectivity index (χ1v) is 9.48. The minimum absolute atomic E-state index is 0.0369. The standard InChI is InChI=1S/C16H14N2OS3/c19-15(17-9-13-7-4-8-20-13)11-22-16-18-14(10-21-16)12-5-2-1-3-6-12/h1-8,10H,9,11H2,(H,17,19). The fraction of sp³-hybridized carbons (Fsp3) is 0.125. The van der Waals surface area contributed by atoms with Crippen LogP contribution in [0.1, 0.15) is 4.88 Å². The lowest BCUT2D eigenvalue weighted by Gasteiger charge is -2.02. The maximum absolute atomic E-state index is 11.8. The van der Waals surface area contributed by atoms with Crippen LogP contribution in [0, 0.1) is 0 Å². The second-order valence-electron chi connectivity index (χ2n) is 4.51. The predicted molar refractivity (Wildman–Crippen MR) is 94.4 cm³/mol. The normalized spacial score (nSPS) is 10.5. The molecule has 0 aliphatic carbocycles. The van der Waals surface area contributed by atoms with Crippen LogP contribution in [-0.4, -0.2) is 16.6 Å². The first-order valence-electron chi connectivity index (χ1n) is 6.74. The van der Waals surface area contributed by atoms with Crippen LogP contribution < -0.4 is 5.32 Å². The van der Waals surface area contributed by atoms with Crippen LogP contribution in [-0.2, 0) is 11.3 Å². The van der Waals surface area contributed by atoms with Crippen molar-refractivity contribution in [1.29, 1.82) is 0 Å². The zero-order valence-corrected chi connectivity index (χ0v) is 14.1. The number of carbonyl (C=O) groups excluding carboxylic acids is 1. The minimum Gasteiger partial charge on any atom is -0.350 e. The maximum atomic E-state index is 11.8. The van der Waals surface area contributed by atoms with Crippen molar-refractivity contribution >= 4 is 40.3 Å². The SMILES string of the molecule is O=C(CSc1nc(-c2ccccc2)cs1)NCc1cccs1. The largest absolute Gasteiger partial charge is 0.350 e. The fourth-order valence-electron chi connectivity index (χ4n) is 1.84. The van der Waals surface area contributed by atoms with Gasteiger partial charge in [0.25, 0.3) is 0 Å². The van der Waals surface area contributed by atoms with Gasteiger partial charge >= 0.3 is 0 Å². The van der Waals surface area contributed by atoms with E-state index in [9.17, 15) is 4.79 Å². The summed E-state index contributed by atoms with van der Waals surface area (Å²) < 4.78 is 0.921. The van der Waals surface area contributed by atoms with Crippen molar-refractivity contribution in [3.63, 3.8) is 0 Å². The molecule has 0 saturated heterocycles. The van der Waals surface area contributed by atoms with E-state index < -0.39 is 0 Å². The Balaban J connectivity index is 1.49. The molecular formula is C16H14N2OS3. The van der Waals surface area contributed by atoms with Crippen LogP contribution in [0.2, 0.25) is 0 Å². The van der Waals surface area contributed by atoms with E-state index in [4.69, 9.17) is 0 Å². The van der Waals surface area contributed by atoms with Gasteiger partial charge in [0, 0.05) is 15.8 Å². The van der Waals surface area contributed by atoms with Crippen LogP contribution >= 0.6 is 34.4 Å². The summed E-state index contributed by atoms with van der Waals surface area (Å²) in [5.74, 6) is 0.433. The number of rotatable bonds is 6. The summed E-state index contributed by atoms with van der Waals surface area (Å²) in [5.41, 5.74) is 2.07. The van der Waals surface area contributed by atoms with E-state index in [-0.39, 0.29) is 5.91 Å². The summed E-state index contributed by atoms with van der Waals surface area (Å²) in [6.07, 6.45) is 0. The number of amides is 1. The summed E-state index contributed by atoms with van der Waals surface area (Å²) in [6, 6.07) is 14.1. The molecule has 2 heterocycles. The first-order chi connectivity index (χ1) is 10.8. The number of aromatic nitrogens is 1. The third-order valence-corrected chi connectivity index (χ3v) is 5.82. The molecule has 0 saturated carbocycles. The minimum atomic E-state index is 0.0369. The maximum Gasteiger partial charge on any atom is 0.230 e. The molecule has 3 nitrogen and oxygen atoms in total. The molecule has 0 radical (unpaired) electrons. The Morgan fingerprint density at radius 3 is 2.77 bits per heavy atom. The molecule has 2 aromatic heterocycles. The van der Waals surface area contributed by atoms with Gasteiger partial charge in [-0.1, -0.05) is 48.2 Å². The number of nitrogens with zero attached hydrogens (tertiary/aromatic N) is 1. The summed E-state index contributed by atoms with van der Waals surface area (Å²) in [7, 11) is 0. The molecule has 0 aliphatic heterocycles. The number of thiophene rings is 1. The molecule has 0 bridgehead atoms. The first kappa shape index (κ1) is 15.3. The highest BCUT2D eigenvalue weighted by Gasteiger charge is 2.08.